The number of methoxy groups -OCH3 is 1. The topological polar surface area (TPSA) is 49.9 Å². The summed E-state index contributed by atoms with van der Waals surface area (Å²) in [5.74, 6) is -0.120. The first-order chi connectivity index (χ1) is 14.0. The molecule has 0 N–H and O–H groups in total. The van der Waals surface area contributed by atoms with E-state index < -0.39 is 0 Å². The van der Waals surface area contributed by atoms with Crippen LogP contribution < -0.4 is 4.90 Å². The number of anilines is 1. The number of ether oxygens (including phenoxy) is 1. The molecule has 1 amide bonds. The molecule has 5 nitrogen and oxygen atoms in total. The number of carbonyl (C=O) groups excluding carboxylic acids is 2. The van der Waals surface area contributed by atoms with E-state index in [2.05, 4.69) is 27.8 Å². The number of hydrogen-bond donors (Lipinski definition) is 0. The van der Waals surface area contributed by atoms with E-state index in [1.54, 1.807) is 6.08 Å². The number of amides is 1. The van der Waals surface area contributed by atoms with E-state index in [-0.39, 0.29) is 17.3 Å². The van der Waals surface area contributed by atoms with Gasteiger partial charge in [0.15, 0.2) is 0 Å². The molecule has 0 unspecified atom stereocenters. The lowest BCUT2D eigenvalue weighted by Crippen LogP contribution is -2.47. The van der Waals surface area contributed by atoms with E-state index in [4.69, 9.17) is 0 Å². The minimum Gasteiger partial charge on any atom is -0.466 e. The van der Waals surface area contributed by atoms with Crippen LogP contribution in [0.15, 0.2) is 54.6 Å². The fourth-order valence-electron chi connectivity index (χ4n) is 4.52. The molecule has 2 aliphatic heterocycles. The number of nitrogens with zero attached hydrogens (tertiary/aromatic N) is 2. The number of rotatable bonds is 4. The molecule has 5 heteroatoms. The van der Waals surface area contributed by atoms with E-state index in [0.29, 0.717) is 0 Å². The highest BCUT2D eigenvalue weighted by molar-refractivity contribution is 6.07. The average molecular weight is 390 g/mol. The van der Waals surface area contributed by atoms with Gasteiger partial charge in [-0.3, -0.25) is 9.69 Å². The molecule has 4 rings (SSSR count). The Labute approximate surface area is 171 Å². The smallest absolute Gasteiger partial charge is 0.330 e. The SMILES string of the molecule is COC(=O)/C=C/c1ccc(CN2CCC3(CC2)C(=O)N(C)c2ccccc23)cc1. The molecule has 0 aliphatic carbocycles. The van der Waals surface area contributed by atoms with Gasteiger partial charge in [-0.05, 0) is 54.8 Å². The molecule has 0 aromatic heterocycles. The van der Waals surface area contributed by atoms with Crippen LogP contribution in [0.2, 0.25) is 0 Å². The number of fused-ring (bicyclic) bond motifs is 2. The minimum absolute atomic E-state index is 0.236. The van der Waals surface area contributed by atoms with Gasteiger partial charge in [0.25, 0.3) is 0 Å². The first-order valence-corrected chi connectivity index (χ1v) is 9.98. The second kappa shape index (κ2) is 7.84. The fourth-order valence-corrected chi connectivity index (χ4v) is 4.52. The summed E-state index contributed by atoms with van der Waals surface area (Å²) in [4.78, 5) is 28.5. The molecule has 1 fully saturated rings. The Morgan fingerprint density at radius 3 is 2.48 bits per heavy atom. The standard InChI is InChI=1S/C24H26N2O3/c1-25-21-6-4-3-5-20(21)24(23(25)28)13-15-26(16-14-24)17-19-9-7-18(8-10-19)11-12-22(27)29-2/h3-12H,13-17H2,1-2H3/b12-11+. The van der Waals surface area contributed by atoms with Crippen molar-refractivity contribution >= 4 is 23.6 Å². The van der Waals surface area contributed by atoms with Gasteiger partial charge in [0.1, 0.15) is 0 Å². The summed E-state index contributed by atoms with van der Waals surface area (Å²) in [5, 5.41) is 0. The average Bonchev–Trinajstić information content (AvgIpc) is 2.97. The van der Waals surface area contributed by atoms with Crippen molar-refractivity contribution in [3.05, 3.63) is 71.3 Å². The maximum absolute atomic E-state index is 13.0. The zero-order valence-electron chi connectivity index (χ0n) is 16.9. The summed E-state index contributed by atoms with van der Waals surface area (Å²) in [5.41, 5.74) is 4.08. The Bertz CT molecular complexity index is 941. The summed E-state index contributed by atoms with van der Waals surface area (Å²) in [7, 11) is 3.26. The third-order valence-corrected chi connectivity index (χ3v) is 6.20. The van der Waals surface area contributed by atoms with Crippen LogP contribution in [0.1, 0.15) is 29.5 Å². The predicted molar refractivity (Wildman–Crippen MR) is 114 cm³/mol. The molecule has 2 aliphatic rings. The summed E-state index contributed by atoms with van der Waals surface area (Å²) < 4.78 is 4.61. The van der Waals surface area contributed by atoms with Crippen LogP contribution in [0, 0.1) is 0 Å². The Morgan fingerprint density at radius 2 is 1.79 bits per heavy atom. The second-order valence-corrected chi connectivity index (χ2v) is 7.84. The highest BCUT2D eigenvalue weighted by Crippen LogP contribution is 2.47. The van der Waals surface area contributed by atoms with Crippen LogP contribution in [0.25, 0.3) is 6.08 Å². The Morgan fingerprint density at radius 1 is 1.10 bits per heavy atom. The van der Waals surface area contributed by atoms with Crippen molar-refractivity contribution in [3.8, 4) is 0 Å². The first-order valence-electron chi connectivity index (χ1n) is 9.98. The Hall–Kier alpha value is -2.92. The van der Waals surface area contributed by atoms with Crippen molar-refractivity contribution in [1.82, 2.24) is 4.90 Å². The number of benzene rings is 2. The van der Waals surface area contributed by atoms with Gasteiger partial charge in [0.2, 0.25) is 5.91 Å². The summed E-state index contributed by atoms with van der Waals surface area (Å²) in [6.07, 6.45) is 4.88. The van der Waals surface area contributed by atoms with Gasteiger partial charge in [0.05, 0.1) is 12.5 Å². The predicted octanol–water partition coefficient (Wildman–Crippen LogP) is 3.38. The molecule has 29 heavy (non-hydrogen) atoms. The lowest BCUT2D eigenvalue weighted by Gasteiger charge is -2.38. The van der Waals surface area contributed by atoms with Gasteiger partial charge in [-0.15, -0.1) is 0 Å². The molecule has 150 valence electrons. The number of likely N-dealkylation sites (N-methyl/N-ethyl adjacent to an activating group) is 1. The molecule has 0 bridgehead atoms. The van der Waals surface area contributed by atoms with Crippen molar-refractivity contribution in [2.45, 2.75) is 24.8 Å². The molecular weight excluding hydrogens is 364 g/mol. The Kier molecular flexibility index (Phi) is 5.24. The molecule has 0 atom stereocenters. The van der Waals surface area contributed by atoms with Crippen molar-refractivity contribution in [2.24, 2.45) is 0 Å². The highest BCUT2D eigenvalue weighted by atomic mass is 16.5. The maximum atomic E-state index is 13.0. The number of hydrogen-bond acceptors (Lipinski definition) is 4. The summed E-state index contributed by atoms with van der Waals surface area (Å²) >= 11 is 0. The van der Waals surface area contributed by atoms with Crippen LogP contribution in [0.3, 0.4) is 0 Å². The van der Waals surface area contributed by atoms with Gasteiger partial charge < -0.3 is 9.64 Å². The minimum atomic E-state index is -0.357. The summed E-state index contributed by atoms with van der Waals surface area (Å²) in [6, 6.07) is 16.4. The first kappa shape index (κ1) is 19.4. The zero-order chi connectivity index (χ0) is 20.4. The maximum Gasteiger partial charge on any atom is 0.330 e. The van der Waals surface area contributed by atoms with E-state index in [9.17, 15) is 9.59 Å². The van der Waals surface area contributed by atoms with E-state index >= 15 is 0 Å². The molecular formula is C24H26N2O3. The van der Waals surface area contributed by atoms with E-state index in [0.717, 1.165) is 43.7 Å². The van der Waals surface area contributed by atoms with Crippen molar-refractivity contribution in [2.75, 3.05) is 32.1 Å². The monoisotopic (exact) mass is 390 g/mol. The van der Waals surface area contributed by atoms with Gasteiger partial charge >= 0.3 is 5.97 Å². The molecule has 2 heterocycles. The lowest BCUT2D eigenvalue weighted by molar-refractivity contribution is -0.134. The van der Waals surface area contributed by atoms with Crippen molar-refractivity contribution in [3.63, 3.8) is 0 Å². The zero-order valence-corrected chi connectivity index (χ0v) is 16.9. The van der Waals surface area contributed by atoms with Gasteiger partial charge in [-0.1, -0.05) is 42.5 Å². The Balaban J connectivity index is 1.40. The van der Waals surface area contributed by atoms with Crippen LogP contribution in [0.4, 0.5) is 5.69 Å². The van der Waals surface area contributed by atoms with Crippen LogP contribution in [-0.4, -0.2) is 44.0 Å². The normalized spacial score (nSPS) is 18.4. The van der Waals surface area contributed by atoms with E-state index in [1.165, 1.54) is 24.3 Å². The molecule has 0 radical (unpaired) electrons. The molecule has 2 aromatic rings. The van der Waals surface area contributed by atoms with Crippen LogP contribution in [-0.2, 0) is 26.3 Å². The van der Waals surface area contributed by atoms with Gasteiger partial charge in [-0.2, -0.15) is 0 Å². The number of likely N-dealkylation sites (tertiary alicyclic amines) is 1. The molecule has 1 saturated heterocycles. The fraction of sp³-hybridized carbons (Fsp3) is 0.333. The van der Waals surface area contributed by atoms with Crippen molar-refractivity contribution in [1.29, 1.82) is 0 Å². The van der Waals surface area contributed by atoms with E-state index in [1.807, 2.05) is 42.3 Å². The highest BCUT2D eigenvalue weighted by Gasteiger charge is 2.50. The van der Waals surface area contributed by atoms with Gasteiger partial charge in [-0.25, -0.2) is 4.79 Å². The lowest BCUT2D eigenvalue weighted by atomic mass is 9.73. The molecule has 1 spiro atoms. The largest absolute Gasteiger partial charge is 0.466 e. The number of piperidine rings is 1. The van der Waals surface area contributed by atoms with Crippen molar-refractivity contribution < 1.29 is 14.3 Å². The number of esters is 1. The number of para-hydroxylation sites is 1. The third-order valence-electron chi connectivity index (χ3n) is 6.20. The summed E-state index contributed by atoms with van der Waals surface area (Å²) in [6.45, 7) is 2.67. The third kappa shape index (κ3) is 3.58. The van der Waals surface area contributed by atoms with Crippen LogP contribution in [0.5, 0.6) is 0 Å². The molecule has 2 aromatic carbocycles. The second-order valence-electron chi connectivity index (χ2n) is 7.84. The molecule has 0 saturated carbocycles. The van der Waals surface area contributed by atoms with Gasteiger partial charge in [0, 0.05) is 25.4 Å². The number of carbonyl (C=O) groups is 2. The van der Waals surface area contributed by atoms with Crippen LogP contribution >= 0.6 is 0 Å². The quantitative estimate of drug-likeness (QED) is 0.593.